The number of piperazine rings is 1. The lowest BCUT2D eigenvalue weighted by molar-refractivity contribution is -0.384. The fourth-order valence-electron chi connectivity index (χ4n) is 2.61. The van der Waals surface area contributed by atoms with Crippen molar-refractivity contribution in [1.29, 1.82) is 0 Å². The van der Waals surface area contributed by atoms with Crippen LogP contribution in [0.5, 0.6) is 0 Å². The number of pyridine rings is 1. The molecule has 0 amide bonds. The summed E-state index contributed by atoms with van der Waals surface area (Å²) in [6.45, 7) is 4.73. The molecule has 0 spiro atoms. The molecule has 1 atom stereocenters. The number of anilines is 1. The Hall–Kier alpha value is -1.77. The van der Waals surface area contributed by atoms with Gasteiger partial charge in [0.05, 0.1) is 11.0 Å². The van der Waals surface area contributed by atoms with E-state index in [2.05, 4.69) is 21.8 Å². The van der Waals surface area contributed by atoms with E-state index in [-0.39, 0.29) is 11.5 Å². The third-order valence-corrected chi connectivity index (χ3v) is 3.87. The summed E-state index contributed by atoms with van der Waals surface area (Å²) in [7, 11) is 3.80. The first-order valence-electron chi connectivity index (χ1n) is 7.37. The van der Waals surface area contributed by atoms with Crippen molar-refractivity contribution in [3.05, 3.63) is 28.4 Å². The minimum atomic E-state index is -0.574. The van der Waals surface area contributed by atoms with Crippen LogP contribution in [-0.2, 0) is 0 Å². The fourth-order valence-corrected chi connectivity index (χ4v) is 2.61. The summed E-state index contributed by atoms with van der Waals surface area (Å²) >= 11 is 0. The number of aliphatic hydroxyl groups excluding tert-OH is 1. The summed E-state index contributed by atoms with van der Waals surface area (Å²) in [5, 5.41) is 21.3. The summed E-state index contributed by atoms with van der Waals surface area (Å²) < 4.78 is 0. The van der Waals surface area contributed by atoms with E-state index >= 15 is 0 Å². The first kappa shape index (κ1) is 16.6. The monoisotopic (exact) mass is 309 g/mol. The Morgan fingerprint density at radius 1 is 1.45 bits per heavy atom. The number of hydrogen-bond donors (Lipinski definition) is 1. The second-order valence-corrected chi connectivity index (χ2v) is 5.74. The van der Waals surface area contributed by atoms with Crippen molar-refractivity contribution >= 4 is 11.5 Å². The Morgan fingerprint density at radius 2 is 2.14 bits per heavy atom. The topological polar surface area (TPSA) is 86.0 Å². The van der Waals surface area contributed by atoms with E-state index in [1.54, 1.807) is 11.9 Å². The number of aromatic nitrogens is 1. The number of nitro groups is 1. The van der Waals surface area contributed by atoms with Crippen LogP contribution < -0.4 is 4.90 Å². The lowest BCUT2D eigenvalue weighted by Gasteiger charge is -2.34. The standard InChI is InChI=1S/C14H23N5O3/c1-16-6-8-18(9-7-16)11-12(20)10-17(2)14-13(19(21)22)4-3-5-15-14/h3-5,12,20H,6-11H2,1-2H3. The second kappa shape index (κ2) is 7.48. The molecule has 0 aliphatic carbocycles. The first-order valence-corrected chi connectivity index (χ1v) is 7.37. The summed E-state index contributed by atoms with van der Waals surface area (Å²) in [5.74, 6) is 0.282. The molecule has 0 aromatic carbocycles. The molecule has 8 nitrogen and oxygen atoms in total. The smallest absolute Gasteiger partial charge is 0.311 e. The summed E-state index contributed by atoms with van der Waals surface area (Å²) in [4.78, 5) is 20.7. The van der Waals surface area contributed by atoms with Crippen molar-refractivity contribution in [2.24, 2.45) is 0 Å². The quantitative estimate of drug-likeness (QED) is 0.586. The first-order chi connectivity index (χ1) is 10.5. The number of β-amino-alcohol motifs (C(OH)–C–C–N with tert-alkyl or cyclic N) is 1. The zero-order valence-corrected chi connectivity index (χ0v) is 13.1. The minimum absolute atomic E-state index is 0.0446. The van der Waals surface area contributed by atoms with E-state index in [4.69, 9.17) is 0 Å². The molecular formula is C14H23N5O3. The summed E-state index contributed by atoms with van der Waals surface area (Å²) in [6, 6.07) is 2.96. The van der Waals surface area contributed by atoms with Crippen LogP contribution in [0.15, 0.2) is 18.3 Å². The van der Waals surface area contributed by atoms with Crippen LogP contribution >= 0.6 is 0 Å². The van der Waals surface area contributed by atoms with Crippen molar-refractivity contribution in [3.63, 3.8) is 0 Å². The van der Waals surface area contributed by atoms with Gasteiger partial charge in [0, 0.05) is 58.6 Å². The Labute approximate surface area is 130 Å². The Balaban J connectivity index is 1.91. The normalized spacial score (nSPS) is 18.1. The fraction of sp³-hybridized carbons (Fsp3) is 0.643. The average Bonchev–Trinajstić information content (AvgIpc) is 2.49. The molecule has 0 saturated carbocycles. The molecule has 1 N–H and O–H groups in total. The molecule has 1 aromatic heterocycles. The van der Waals surface area contributed by atoms with Crippen LogP contribution in [-0.4, -0.2) is 84.3 Å². The molecular weight excluding hydrogens is 286 g/mol. The molecule has 122 valence electrons. The van der Waals surface area contributed by atoms with Gasteiger partial charge in [-0.2, -0.15) is 0 Å². The maximum atomic E-state index is 11.0. The maximum absolute atomic E-state index is 11.0. The van der Waals surface area contributed by atoms with E-state index < -0.39 is 11.0 Å². The highest BCUT2D eigenvalue weighted by Gasteiger charge is 2.22. The van der Waals surface area contributed by atoms with E-state index in [0.29, 0.717) is 13.1 Å². The van der Waals surface area contributed by atoms with Gasteiger partial charge in [0.1, 0.15) is 0 Å². The zero-order valence-electron chi connectivity index (χ0n) is 13.1. The van der Waals surface area contributed by atoms with Crippen LogP contribution in [0.2, 0.25) is 0 Å². The summed E-state index contributed by atoms with van der Waals surface area (Å²) in [5.41, 5.74) is -0.0446. The van der Waals surface area contributed by atoms with Gasteiger partial charge in [0.2, 0.25) is 5.82 Å². The van der Waals surface area contributed by atoms with Gasteiger partial charge in [-0.15, -0.1) is 0 Å². The van der Waals surface area contributed by atoms with Crippen molar-refractivity contribution < 1.29 is 10.0 Å². The van der Waals surface area contributed by atoms with Crippen molar-refractivity contribution in [2.75, 3.05) is 58.3 Å². The van der Waals surface area contributed by atoms with E-state index in [9.17, 15) is 15.2 Å². The van der Waals surface area contributed by atoms with Gasteiger partial charge in [-0.3, -0.25) is 15.0 Å². The van der Waals surface area contributed by atoms with Gasteiger partial charge in [-0.25, -0.2) is 4.98 Å². The van der Waals surface area contributed by atoms with Crippen molar-refractivity contribution in [1.82, 2.24) is 14.8 Å². The van der Waals surface area contributed by atoms with Crippen LogP contribution in [0, 0.1) is 10.1 Å². The van der Waals surface area contributed by atoms with Gasteiger partial charge in [0.15, 0.2) is 0 Å². The molecule has 1 aromatic rings. The number of nitrogens with zero attached hydrogens (tertiary/aromatic N) is 5. The Bertz CT molecular complexity index is 505. The third-order valence-electron chi connectivity index (χ3n) is 3.87. The lowest BCUT2D eigenvalue weighted by atomic mass is 10.2. The number of rotatable bonds is 6. The predicted octanol–water partition coefficient (Wildman–Crippen LogP) is 0.0343. The van der Waals surface area contributed by atoms with Crippen LogP contribution in [0.4, 0.5) is 11.5 Å². The molecule has 8 heteroatoms. The molecule has 0 radical (unpaired) electrons. The molecule has 1 unspecified atom stereocenters. The van der Waals surface area contributed by atoms with Crippen molar-refractivity contribution in [3.8, 4) is 0 Å². The van der Waals surface area contributed by atoms with E-state index in [0.717, 1.165) is 26.2 Å². The van der Waals surface area contributed by atoms with Crippen LogP contribution in [0.25, 0.3) is 0 Å². The number of likely N-dealkylation sites (N-methyl/N-ethyl adjacent to an activating group) is 2. The maximum Gasteiger partial charge on any atom is 0.311 e. The summed E-state index contributed by atoms with van der Waals surface area (Å²) in [6.07, 6.45) is 0.945. The molecule has 2 heterocycles. The van der Waals surface area contributed by atoms with E-state index in [1.165, 1.54) is 18.3 Å². The van der Waals surface area contributed by atoms with Gasteiger partial charge < -0.3 is 14.9 Å². The number of aliphatic hydroxyl groups is 1. The second-order valence-electron chi connectivity index (χ2n) is 5.74. The average molecular weight is 309 g/mol. The predicted molar refractivity (Wildman–Crippen MR) is 84.1 cm³/mol. The molecule has 1 aliphatic heterocycles. The lowest BCUT2D eigenvalue weighted by Crippen LogP contribution is -2.48. The van der Waals surface area contributed by atoms with Gasteiger partial charge in [0.25, 0.3) is 0 Å². The highest BCUT2D eigenvalue weighted by molar-refractivity contribution is 5.56. The molecule has 2 rings (SSSR count). The largest absolute Gasteiger partial charge is 0.390 e. The highest BCUT2D eigenvalue weighted by Crippen LogP contribution is 2.23. The van der Waals surface area contributed by atoms with Crippen molar-refractivity contribution in [2.45, 2.75) is 6.10 Å². The van der Waals surface area contributed by atoms with E-state index in [1.807, 2.05) is 0 Å². The van der Waals surface area contributed by atoms with Crippen LogP contribution in [0.1, 0.15) is 0 Å². The number of hydrogen-bond acceptors (Lipinski definition) is 7. The minimum Gasteiger partial charge on any atom is -0.390 e. The SMILES string of the molecule is CN1CCN(CC(O)CN(C)c2ncccc2[N+](=O)[O-])CC1. The molecule has 1 aliphatic rings. The van der Waals surface area contributed by atoms with Crippen LogP contribution in [0.3, 0.4) is 0 Å². The highest BCUT2D eigenvalue weighted by atomic mass is 16.6. The molecule has 0 bridgehead atoms. The molecule has 1 saturated heterocycles. The molecule has 22 heavy (non-hydrogen) atoms. The molecule has 1 fully saturated rings. The van der Waals surface area contributed by atoms with Gasteiger partial charge in [-0.05, 0) is 13.1 Å². The van der Waals surface area contributed by atoms with Gasteiger partial charge in [-0.1, -0.05) is 0 Å². The Morgan fingerprint density at radius 3 is 2.77 bits per heavy atom. The Kier molecular flexibility index (Phi) is 5.64. The zero-order chi connectivity index (χ0) is 16.1. The van der Waals surface area contributed by atoms with Gasteiger partial charge >= 0.3 is 5.69 Å². The third kappa shape index (κ3) is 4.36.